The number of likely N-dealkylation sites (tertiary alicyclic amines) is 1. The Morgan fingerprint density at radius 2 is 2.09 bits per heavy atom. The molecular weight excluding hydrogens is 288 g/mol. The largest absolute Gasteiger partial charge is 0.496 e. The minimum atomic E-state index is 0.0989. The van der Waals surface area contributed by atoms with Crippen molar-refractivity contribution in [2.45, 2.75) is 39.5 Å². The van der Waals surface area contributed by atoms with Crippen LogP contribution in [0.15, 0.2) is 18.2 Å². The van der Waals surface area contributed by atoms with Crippen LogP contribution in [-0.2, 0) is 11.2 Å². The fourth-order valence-electron chi connectivity index (χ4n) is 3.11. The number of methoxy groups -OCH3 is 1. The van der Waals surface area contributed by atoms with Crippen molar-refractivity contribution < 1.29 is 9.53 Å². The molecule has 0 atom stereocenters. The summed E-state index contributed by atoms with van der Waals surface area (Å²) >= 11 is 0. The maximum Gasteiger partial charge on any atom is 0.224 e. The van der Waals surface area contributed by atoms with E-state index in [0.717, 1.165) is 42.3 Å². The second-order valence-electron chi connectivity index (χ2n) is 6.71. The van der Waals surface area contributed by atoms with Gasteiger partial charge in [-0.2, -0.15) is 0 Å². The number of benzene rings is 1. The van der Waals surface area contributed by atoms with Crippen LogP contribution < -0.4 is 10.1 Å². The normalized spacial score (nSPS) is 16.3. The number of aryl methyl sites for hydroxylation is 1. The van der Waals surface area contributed by atoms with Crippen molar-refractivity contribution in [3.05, 3.63) is 29.3 Å². The Labute approximate surface area is 140 Å². The Bertz CT molecular complexity index is 508. The zero-order chi connectivity index (χ0) is 16.7. The van der Waals surface area contributed by atoms with Crippen LogP contribution in [0.3, 0.4) is 0 Å². The standard InChI is InChI=1S/C19H30N2O2/c1-15-7-11-21(12-8-15)10-4-9-20-19(22)14-17-5-6-18(23-3)16(2)13-17/h5-6,13,15H,4,7-12,14H2,1-3H3,(H,20,22). The van der Waals surface area contributed by atoms with Crippen LogP contribution in [0.2, 0.25) is 0 Å². The van der Waals surface area contributed by atoms with E-state index in [4.69, 9.17) is 4.74 Å². The van der Waals surface area contributed by atoms with Gasteiger partial charge in [-0.05, 0) is 68.9 Å². The highest BCUT2D eigenvalue weighted by atomic mass is 16.5. The number of piperidine rings is 1. The highest BCUT2D eigenvalue weighted by Gasteiger charge is 2.14. The minimum Gasteiger partial charge on any atom is -0.496 e. The summed E-state index contributed by atoms with van der Waals surface area (Å²) in [6.07, 6.45) is 4.08. The first-order valence-electron chi connectivity index (χ1n) is 8.71. The number of nitrogens with one attached hydrogen (secondary N) is 1. The van der Waals surface area contributed by atoms with Crippen LogP contribution in [0.4, 0.5) is 0 Å². The first-order valence-corrected chi connectivity index (χ1v) is 8.71. The van der Waals surface area contributed by atoms with Gasteiger partial charge in [-0.3, -0.25) is 4.79 Å². The molecule has 0 saturated carbocycles. The van der Waals surface area contributed by atoms with Crippen LogP contribution in [0.25, 0.3) is 0 Å². The van der Waals surface area contributed by atoms with Gasteiger partial charge in [0.05, 0.1) is 13.5 Å². The molecule has 4 nitrogen and oxygen atoms in total. The molecule has 1 aliphatic rings. The van der Waals surface area contributed by atoms with Gasteiger partial charge in [-0.1, -0.05) is 19.1 Å². The second kappa shape index (κ2) is 8.92. The Morgan fingerprint density at radius 3 is 2.74 bits per heavy atom. The highest BCUT2D eigenvalue weighted by Crippen LogP contribution is 2.18. The first kappa shape index (κ1) is 17.8. The predicted molar refractivity (Wildman–Crippen MR) is 93.9 cm³/mol. The molecule has 128 valence electrons. The molecule has 4 heteroatoms. The van der Waals surface area contributed by atoms with Gasteiger partial charge in [-0.25, -0.2) is 0 Å². The third kappa shape index (κ3) is 5.87. The molecule has 2 rings (SSSR count). The number of ether oxygens (including phenoxy) is 1. The van der Waals surface area contributed by atoms with E-state index in [9.17, 15) is 4.79 Å². The molecule has 0 radical (unpaired) electrons. The van der Waals surface area contributed by atoms with Gasteiger partial charge in [0, 0.05) is 6.54 Å². The lowest BCUT2D eigenvalue weighted by atomic mass is 9.99. The highest BCUT2D eigenvalue weighted by molar-refractivity contribution is 5.78. The van der Waals surface area contributed by atoms with Crippen molar-refractivity contribution in [1.82, 2.24) is 10.2 Å². The third-order valence-corrected chi connectivity index (χ3v) is 4.67. The molecule has 1 fully saturated rings. The number of amides is 1. The molecule has 1 amide bonds. The molecule has 23 heavy (non-hydrogen) atoms. The zero-order valence-electron chi connectivity index (χ0n) is 14.7. The van der Waals surface area contributed by atoms with Gasteiger partial charge in [-0.15, -0.1) is 0 Å². The average molecular weight is 318 g/mol. The number of hydrogen-bond donors (Lipinski definition) is 1. The number of carbonyl (C=O) groups is 1. The summed E-state index contributed by atoms with van der Waals surface area (Å²) in [5.41, 5.74) is 2.10. The zero-order valence-corrected chi connectivity index (χ0v) is 14.7. The van der Waals surface area contributed by atoms with E-state index in [1.807, 2.05) is 25.1 Å². The Hall–Kier alpha value is -1.55. The Balaban J connectivity index is 1.64. The van der Waals surface area contributed by atoms with Gasteiger partial charge in [0.2, 0.25) is 5.91 Å². The van der Waals surface area contributed by atoms with Crippen LogP contribution in [-0.4, -0.2) is 44.1 Å². The van der Waals surface area contributed by atoms with Crippen LogP contribution in [0.5, 0.6) is 5.75 Å². The maximum atomic E-state index is 12.0. The van der Waals surface area contributed by atoms with Crippen molar-refractivity contribution in [3.63, 3.8) is 0 Å². The van der Waals surface area contributed by atoms with Crippen LogP contribution >= 0.6 is 0 Å². The lowest BCUT2D eigenvalue weighted by Crippen LogP contribution is -2.35. The van der Waals surface area contributed by atoms with E-state index in [-0.39, 0.29) is 5.91 Å². The van der Waals surface area contributed by atoms with Gasteiger partial charge < -0.3 is 15.0 Å². The Kier molecular flexibility index (Phi) is 6.90. The van der Waals surface area contributed by atoms with Crippen molar-refractivity contribution in [3.8, 4) is 5.75 Å². The van der Waals surface area contributed by atoms with Crippen molar-refractivity contribution in [1.29, 1.82) is 0 Å². The summed E-state index contributed by atoms with van der Waals surface area (Å²) in [5, 5.41) is 3.03. The summed E-state index contributed by atoms with van der Waals surface area (Å²) in [6, 6.07) is 5.91. The second-order valence-corrected chi connectivity index (χ2v) is 6.71. The molecule has 1 aliphatic heterocycles. The smallest absolute Gasteiger partial charge is 0.224 e. The number of nitrogens with zero attached hydrogens (tertiary/aromatic N) is 1. The predicted octanol–water partition coefficient (Wildman–Crippen LogP) is 2.78. The van der Waals surface area contributed by atoms with Crippen molar-refractivity contribution >= 4 is 5.91 Å². The monoisotopic (exact) mass is 318 g/mol. The molecule has 1 heterocycles. The Morgan fingerprint density at radius 1 is 1.35 bits per heavy atom. The van der Waals surface area contributed by atoms with E-state index in [1.54, 1.807) is 7.11 Å². The molecule has 1 aromatic carbocycles. The van der Waals surface area contributed by atoms with E-state index in [1.165, 1.54) is 25.9 Å². The van der Waals surface area contributed by atoms with Gasteiger partial charge in [0.15, 0.2) is 0 Å². The topological polar surface area (TPSA) is 41.6 Å². The molecule has 1 aromatic rings. The van der Waals surface area contributed by atoms with E-state index in [2.05, 4.69) is 17.1 Å². The summed E-state index contributed by atoms with van der Waals surface area (Å²) in [6.45, 7) is 8.60. The quantitative estimate of drug-likeness (QED) is 0.786. The average Bonchev–Trinajstić information content (AvgIpc) is 2.53. The molecule has 1 saturated heterocycles. The molecule has 0 aromatic heterocycles. The third-order valence-electron chi connectivity index (χ3n) is 4.67. The van der Waals surface area contributed by atoms with Gasteiger partial charge in [0.1, 0.15) is 5.75 Å². The van der Waals surface area contributed by atoms with E-state index >= 15 is 0 Å². The number of hydrogen-bond acceptors (Lipinski definition) is 3. The first-order chi connectivity index (χ1) is 11.1. The van der Waals surface area contributed by atoms with Crippen molar-refractivity contribution in [2.75, 3.05) is 33.3 Å². The number of rotatable bonds is 7. The molecule has 0 unspecified atom stereocenters. The summed E-state index contributed by atoms with van der Waals surface area (Å²) in [5.74, 6) is 1.84. The summed E-state index contributed by atoms with van der Waals surface area (Å²) in [7, 11) is 1.66. The fourth-order valence-corrected chi connectivity index (χ4v) is 3.11. The summed E-state index contributed by atoms with van der Waals surface area (Å²) < 4.78 is 5.24. The van der Waals surface area contributed by atoms with Crippen molar-refractivity contribution in [2.24, 2.45) is 5.92 Å². The molecular formula is C19H30N2O2. The maximum absolute atomic E-state index is 12.0. The molecule has 0 bridgehead atoms. The fraction of sp³-hybridized carbons (Fsp3) is 0.632. The van der Waals surface area contributed by atoms with Crippen LogP contribution in [0.1, 0.15) is 37.3 Å². The summed E-state index contributed by atoms with van der Waals surface area (Å²) in [4.78, 5) is 14.5. The van der Waals surface area contributed by atoms with Crippen LogP contribution in [0, 0.1) is 12.8 Å². The van der Waals surface area contributed by atoms with Gasteiger partial charge >= 0.3 is 0 Å². The molecule has 0 spiro atoms. The lowest BCUT2D eigenvalue weighted by molar-refractivity contribution is -0.120. The molecule has 1 N–H and O–H groups in total. The SMILES string of the molecule is COc1ccc(CC(=O)NCCCN2CCC(C)CC2)cc1C. The van der Waals surface area contributed by atoms with E-state index in [0.29, 0.717) is 6.42 Å². The van der Waals surface area contributed by atoms with E-state index < -0.39 is 0 Å². The minimum absolute atomic E-state index is 0.0989. The number of carbonyl (C=O) groups excluding carboxylic acids is 1. The lowest BCUT2D eigenvalue weighted by Gasteiger charge is -2.30. The van der Waals surface area contributed by atoms with Gasteiger partial charge in [0.25, 0.3) is 0 Å². The molecule has 0 aliphatic carbocycles.